The van der Waals surface area contributed by atoms with Gasteiger partial charge in [-0.2, -0.15) is 0 Å². The first kappa shape index (κ1) is 16.3. The molecule has 1 aliphatic rings. The molecule has 3 amide bonds. The first-order chi connectivity index (χ1) is 10.4. The summed E-state index contributed by atoms with van der Waals surface area (Å²) in [6, 6.07) is 6.33. The fraction of sp³-hybridized carbons (Fsp3) is 0.400. The first-order valence-electron chi connectivity index (χ1n) is 6.90. The molecule has 0 unspecified atom stereocenters. The molecule has 0 radical (unpaired) electrons. The fourth-order valence-corrected chi connectivity index (χ4v) is 2.31. The summed E-state index contributed by atoms with van der Waals surface area (Å²) < 4.78 is 5.07. The molecule has 6 nitrogen and oxygen atoms in total. The van der Waals surface area contributed by atoms with E-state index in [1.165, 1.54) is 0 Å². The summed E-state index contributed by atoms with van der Waals surface area (Å²) in [5.41, 5.74) is -0.221. The Morgan fingerprint density at radius 3 is 2.73 bits per heavy atom. The lowest BCUT2D eigenvalue weighted by Gasteiger charge is -2.18. The Bertz CT molecular complexity index is 619. The Balaban J connectivity index is 1.92. The molecule has 0 aromatic heterocycles. The Morgan fingerprint density at radius 2 is 2.14 bits per heavy atom. The van der Waals surface area contributed by atoms with Crippen molar-refractivity contribution in [3.63, 3.8) is 0 Å². The lowest BCUT2D eigenvalue weighted by molar-refractivity contribution is -0.148. The fourth-order valence-electron chi connectivity index (χ4n) is 2.10. The maximum atomic E-state index is 12.1. The van der Waals surface area contributed by atoms with E-state index in [0.717, 1.165) is 10.5 Å². The van der Waals surface area contributed by atoms with Gasteiger partial charge in [0.1, 0.15) is 18.7 Å². The molecule has 2 rings (SSSR count). The Kier molecular flexibility index (Phi) is 4.71. The average Bonchev–Trinajstić information content (AvgIpc) is 2.69. The zero-order valence-corrected chi connectivity index (χ0v) is 13.1. The molecule has 118 valence electrons. The topological polar surface area (TPSA) is 75.7 Å². The minimum Gasteiger partial charge on any atom is -0.459 e. The van der Waals surface area contributed by atoms with E-state index in [2.05, 4.69) is 5.32 Å². The third-order valence-corrected chi connectivity index (χ3v) is 3.86. The van der Waals surface area contributed by atoms with Gasteiger partial charge in [-0.1, -0.05) is 30.7 Å². The standard InChI is InChI=1S/C15H17ClN2O4/c1-3-15(2)13(20)18(14(21)17-15)8-12(19)22-9-10-5-4-6-11(16)7-10/h4-7H,3,8-9H2,1-2H3,(H,17,21)/t15-/m0/s1. The summed E-state index contributed by atoms with van der Waals surface area (Å²) in [6.07, 6.45) is 0.450. The lowest BCUT2D eigenvalue weighted by atomic mass is 9.99. The van der Waals surface area contributed by atoms with E-state index >= 15 is 0 Å². The number of urea groups is 1. The Labute approximate surface area is 133 Å². The van der Waals surface area contributed by atoms with Crippen LogP contribution < -0.4 is 5.32 Å². The van der Waals surface area contributed by atoms with Gasteiger partial charge < -0.3 is 10.1 Å². The highest BCUT2D eigenvalue weighted by atomic mass is 35.5. The molecule has 7 heteroatoms. The number of benzene rings is 1. The average molecular weight is 325 g/mol. The van der Waals surface area contributed by atoms with E-state index < -0.39 is 30.0 Å². The van der Waals surface area contributed by atoms with Crippen LogP contribution in [-0.2, 0) is 20.9 Å². The molecule has 22 heavy (non-hydrogen) atoms. The second-order valence-corrected chi connectivity index (χ2v) is 5.73. The van der Waals surface area contributed by atoms with Crippen LogP contribution >= 0.6 is 11.6 Å². The number of nitrogens with zero attached hydrogens (tertiary/aromatic N) is 1. The summed E-state index contributed by atoms with van der Waals surface area (Å²) >= 11 is 5.84. The molecule has 1 saturated heterocycles. The maximum absolute atomic E-state index is 12.1. The van der Waals surface area contributed by atoms with Crippen molar-refractivity contribution < 1.29 is 19.1 Å². The van der Waals surface area contributed by atoms with Crippen molar-refractivity contribution in [2.75, 3.05) is 6.54 Å². The summed E-state index contributed by atoms with van der Waals surface area (Å²) in [7, 11) is 0. The van der Waals surface area contributed by atoms with Gasteiger partial charge in [0.05, 0.1) is 0 Å². The van der Waals surface area contributed by atoms with Crippen LogP contribution in [0.5, 0.6) is 0 Å². The van der Waals surface area contributed by atoms with Crippen molar-refractivity contribution in [3.8, 4) is 0 Å². The van der Waals surface area contributed by atoms with Gasteiger partial charge in [0.25, 0.3) is 5.91 Å². The molecule has 1 aromatic rings. The summed E-state index contributed by atoms with van der Waals surface area (Å²) in [5, 5.41) is 3.12. The molecule has 1 aromatic carbocycles. The van der Waals surface area contributed by atoms with Gasteiger partial charge in [-0.25, -0.2) is 4.79 Å². The van der Waals surface area contributed by atoms with Crippen molar-refractivity contribution in [1.29, 1.82) is 0 Å². The van der Waals surface area contributed by atoms with Gasteiger partial charge in [-0.3, -0.25) is 14.5 Å². The molecule has 0 spiro atoms. The minimum atomic E-state index is -0.954. The predicted molar refractivity (Wildman–Crippen MR) is 80.2 cm³/mol. The minimum absolute atomic E-state index is 0.0358. The highest BCUT2D eigenvalue weighted by molar-refractivity contribution is 6.30. The maximum Gasteiger partial charge on any atom is 0.326 e. The molecule has 1 N–H and O–H groups in total. The number of ether oxygens (including phenoxy) is 1. The largest absolute Gasteiger partial charge is 0.459 e. The molecular formula is C15H17ClN2O4. The summed E-state index contributed by atoms with van der Waals surface area (Å²) in [6.45, 7) is 3.05. The Hall–Kier alpha value is -2.08. The molecule has 0 aliphatic carbocycles. The number of esters is 1. The summed E-state index contributed by atoms with van der Waals surface area (Å²) in [4.78, 5) is 36.6. The van der Waals surface area contributed by atoms with Crippen LogP contribution in [0.3, 0.4) is 0 Å². The highest BCUT2D eigenvalue weighted by Gasteiger charge is 2.47. The van der Waals surface area contributed by atoms with Crippen LogP contribution in [0.25, 0.3) is 0 Å². The van der Waals surface area contributed by atoms with Crippen LogP contribution in [0, 0.1) is 0 Å². The van der Waals surface area contributed by atoms with E-state index in [1.54, 1.807) is 38.1 Å². The van der Waals surface area contributed by atoms with Gasteiger partial charge in [0, 0.05) is 5.02 Å². The van der Waals surface area contributed by atoms with Gasteiger partial charge in [0.2, 0.25) is 0 Å². The Morgan fingerprint density at radius 1 is 1.41 bits per heavy atom. The van der Waals surface area contributed by atoms with E-state index in [4.69, 9.17) is 16.3 Å². The predicted octanol–water partition coefficient (Wildman–Crippen LogP) is 2.10. The van der Waals surface area contributed by atoms with E-state index in [9.17, 15) is 14.4 Å². The molecular weight excluding hydrogens is 308 g/mol. The smallest absolute Gasteiger partial charge is 0.326 e. The number of carbonyl (C=O) groups excluding carboxylic acids is 3. The number of nitrogens with one attached hydrogen (secondary N) is 1. The molecule has 1 atom stereocenters. The second-order valence-electron chi connectivity index (χ2n) is 5.30. The monoisotopic (exact) mass is 324 g/mol. The van der Waals surface area contributed by atoms with Gasteiger partial charge in [0.15, 0.2) is 0 Å². The third kappa shape index (κ3) is 3.39. The zero-order chi connectivity index (χ0) is 16.3. The van der Waals surface area contributed by atoms with E-state index in [0.29, 0.717) is 11.4 Å². The van der Waals surface area contributed by atoms with Gasteiger partial charge in [-0.05, 0) is 31.0 Å². The van der Waals surface area contributed by atoms with E-state index in [-0.39, 0.29) is 6.61 Å². The first-order valence-corrected chi connectivity index (χ1v) is 7.27. The van der Waals surface area contributed by atoms with Crippen molar-refractivity contribution >= 4 is 29.5 Å². The van der Waals surface area contributed by atoms with Crippen molar-refractivity contribution in [2.24, 2.45) is 0 Å². The molecule has 1 heterocycles. The highest BCUT2D eigenvalue weighted by Crippen LogP contribution is 2.20. The molecule has 0 saturated carbocycles. The molecule has 1 aliphatic heterocycles. The molecule has 0 bridgehead atoms. The summed E-state index contributed by atoms with van der Waals surface area (Å²) in [5.74, 6) is -1.07. The normalized spacial score (nSPS) is 21.0. The number of halogens is 1. The van der Waals surface area contributed by atoms with Crippen LogP contribution in [-0.4, -0.2) is 34.9 Å². The van der Waals surface area contributed by atoms with Crippen LogP contribution in [0.2, 0.25) is 5.02 Å². The number of amides is 3. The number of hydrogen-bond donors (Lipinski definition) is 1. The van der Waals surface area contributed by atoms with Crippen LogP contribution in [0.4, 0.5) is 4.79 Å². The van der Waals surface area contributed by atoms with Crippen molar-refractivity contribution in [1.82, 2.24) is 10.2 Å². The number of imide groups is 1. The van der Waals surface area contributed by atoms with Crippen molar-refractivity contribution in [3.05, 3.63) is 34.9 Å². The number of carbonyl (C=O) groups is 3. The molecule has 1 fully saturated rings. The lowest BCUT2D eigenvalue weighted by Crippen LogP contribution is -2.43. The van der Waals surface area contributed by atoms with E-state index in [1.807, 2.05) is 0 Å². The second kappa shape index (κ2) is 6.36. The SMILES string of the molecule is CC[C@]1(C)NC(=O)N(CC(=O)OCc2cccc(Cl)c2)C1=O. The van der Waals surface area contributed by atoms with Crippen LogP contribution in [0.1, 0.15) is 25.8 Å². The van der Waals surface area contributed by atoms with Gasteiger partial charge >= 0.3 is 12.0 Å². The van der Waals surface area contributed by atoms with Gasteiger partial charge in [-0.15, -0.1) is 0 Å². The van der Waals surface area contributed by atoms with Crippen LogP contribution in [0.15, 0.2) is 24.3 Å². The van der Waals surface area contributed by atoms with Crippen molar-refractivity contribution in [2.45, 2.75) is 32.4 Å². The quantitative estimate of drug-likeness (QED) is 0.665. The third-order valence-electron chi connectivity index (χ3n) is 3.63. The number of rotatable bonds is 5. The zero-order valence-electron chi connectivity index (χ0n) is 12.4. The number of hydrogen-bond acceptors (Lipinski definition) is 4.